The maximum atomic E-state index is 5.68. The Morgan fingerprint density at radius 3 is 2.94 bits per heavy atom. The first-order chi connectivity index (χ1) is 8.76. The van der Waals surface area contributed by atoms with Gasteiger partial charge in [-0.15, -0.1) is 0 Å². The molecule has 1 fully saturated rings. The van der Waals surface area contributed by atoms with Gasteiger partial charge in [0.05, 0.1) is 11.0 Å². The van der Waals surface area contributed by atoms with E-state index in [4.69, 9.17) is 10.7 Å². The highest BCUT2D eigenvalue weighted by Gasteiger charge is 2.22. The van der Waals surface area contributed by atoms with E-state index in [0.717, 1.165) is 18.5 Å². The summed E-state index contributed by atoms with van der Waals surface area (Å²) in [5, 5.41) is 0. The van der Waals surface area contributed by atoms with E-state index in [1.54, 1.807) is 0 Å². The highest BCUT2D eigenvalue weighted by molar-refractivity contribution is 5.76. The zero-order valence-electron chi connectivity index (χ0n) is 10.9. The summed E-state index contributed by atoms with van der Waals surface area (Å²) in [4.78, 5) is 8.18. The van der Waals surface area contributed by atoms with E-state index >= 15 is 0 Å². The third kappa shape index (κ3) is 2.15. The average Bonchev–Trinajstić information content (AvgIpc) is 2.68. The fraction of sp³-hybridized carbons (Fsp3) is 0.533. The molecule has 0 saturated heterocycles. The zero-order chi connectivity index (χ0) is 12.5. The smallest absolute Gasteiger partial charge is 0.110 e. The van der Waals surface area contributed by atoms with Crippen molar-refractivity contribution in [3.63, 3.8) is 0 Å². The number of hydrogen-bond donors (Lipinski definition) is 2. The van der Waals surface area contributed by atoms with Crippen molar-refractivity contribution in [2.24, 2.45) is 11.7 Å². The number of imidazole rings is 1. The summed E-state index contributed by atoms with van der Waals surface area (Å²) in [6.07, 6.45) is 4.97. The van der Waals surface area contributed by atoms with Gasteiger partial charge in [-0.25, -0.2) is 4.98 Å². The summed E-state index contributed by atoms with van der Waals surface area (Å²) >= 11 is 0. The Kier molecular flexibility index (Phi) is 3.08. The molecule has 1 heterocycles. The highest BCUT2D eigenvalue weighted by atomic mass is 14.9. The molecular formula is C15H21N3. The summed E-state index contributed by atoms with van der Waals surface area (Å²) in [5.74, 6) is 2.39. The molecule has 3 heteroatoms. The fourth-order valence-electron chi connectivity index (χ4n) is 2.56. The van der Waals surface area contributed by atoms with Gasteiger partial charge >= 0.3 is 0 Å². The lowest BCUT2D eigenvalue weighted by atomic mass is 9.85. The van der Waals surface area contributed by atoms with Crippen LogP contribution in [0.2, 0.25) is 0 Å². The largest absolute Gasteiger partial charge is 0.342 e. The second-order valence-corrected chi connectivity index (χ2v) is 5.65. The van der Waals surface area contributed by atoms with Gasteiger partial charge in [0.1, 0.15) is 5.82 Å². The van der Waals surface area contributed by atoms with Gasteiger partial charge < -0.3 is 10.7 Å². The highest BCUT2D eigenvalue weighted by Crippen LogP contribution is 2.35. The maximum absolute atomic E-state index is 5.68. The van der Waals surface area contributed by atoms with E-state index in [-0.39, 0.29) is 0 Å². The molecule has 1 aromatic heterocycles. The van der Waals surface area contributed by atoms with Crippen LogP contribution in [0.1, 0.15) is 43.5 Å². The Morgan fingerprint density at radius 2 is 2.28 bits per heavy atom. The third-order valence-electron chi connectivity index (χ3n) is 4.04. The van der Waals surface area contributed by atoms with Crippen LogP contribution < -0.4 is 5.73 Å². The molecule has 2 aromatic rings. The fourth-order valence-corrected chi connectivity index (χ4v) is 2.56. The number of aromatic nitrogens is 2. The van der Waals surface area contributed by atoms with Crippen LogP contribution in [0.5, 0.6) is 0 Å². The van der Waals surface area contributed by atoms with Crippen LogP contribution in [0.25, 0.3) is 11.0 Å². The molecule has 1 atom stereocenters. The van der Waals surface area contributed by atoms with Crippen LogP contribution in [0.15, 0.2) is 18.2 Å². The Balaban J connectivity index is 1.86. The van der Waals surface area contributed by atoms with Gasteiger partial charge in [-0.3, -0.25) is 0 Å². The molecule has 0 radical (unpaired) electrons. The predicted octanol–water partition coefficient (Wildman–Crippen LogP) is 2.97. The number of benzene rings is 1. The first-order valence-corrected chi connectivity index (χ1v) is 6.95. The molecule has 3 nitrogen and oxygen atoms in total. The molecule has 0 bridgehead atoms. The molecule has 96 valence electrons. The molecule has 18 heavy (non-hydrogen) atoms. The van der Waals surface area contributed by atoms with Crippen molar-refractivity contribution in [2.45, 2.75) is 38.5 Å². The molecule has 0 amide bonds. The summed E-state index contributed by atoms with van der Waals surface area (Å²) in [6, 6.07) is 6.54. The van der Waals surface area contributed by atoms with Crippen LogP contribution in [-0.2, 0) is 6.42 Å². The van der Waals surface area contributed by atoms with Gasteiger partial charge in [-0.05, 0) is 49.4 Å². The van der Waals surface area contributed by atoms with Gasteiger partial charge in [0.15, 0.2) is 0 Å². The van der Waals surface area contributed by atoms with E-state index in [1.165, 1.54) is 36.2 Å². The zero-order valence-corrected chi connectivity index (χ0v) is 10.9. The van der Waals surface area contributed by atoms with E-state index in [0.29, 0.717) is 11.8 Å². The van der Waals surface area contributed by atoms with E-state index in [2.05, 4.69) is 30.1 Å². The van der Waals surface area contributed by atoms with Gasteiger partial charge in [0.2, 0.25) is 0 Å². The number of H-pyrrole nitrogens is 1. The summed E-state index contributed by atoms with van der Waals surface area (Å²) in [7, 11) is 0. The van der Waals surface area contributed by atoms with Crippen LogP contribution in [-0.4, -0.2) is 16.5 Å². The topological polar surface area (TPSA) is 54.7 Å². The average molecular weight is 243 g/mol. The second-order valence-electron chi connectivity index (χ2n) is 5.65. The van der Waals surface area contributed by atoms with Crippen LogP contribution in [0.3, 0.4) is 0 Å². The number of hydrogen-bond acceptors (Lipinski definition) is 2. The van der Waals surface area contributed by atoms with Crippen molar-refractivity contribution < 1.29 is 0 Å². The Morgan fingerprint density at radius 1 is 1.44 bits per heavy atom. The van der Waals surface area contributed by atoms with Gasteiger partial charge in [-0.2, -0.15) is 0 Å². The Hall–Kier alpha value is -1.35. The van der Waals surface area contributed by atoms with Crippen LogP contribution >= 0.6 is 0 Å². The van der Waals surface area contributed by atoms with Crippen molar-refractivity contribution in [1.82, 2.24) is 9.97 Å². The maximum Gasteiger partial charge on any atom is 0.110 e. The normalized spacial score (nSPS) is 17.9. The summed E-state index contributed by atoms with van der Waals surface area (Å²) in [5.41, 5.74) is 9.31. The van der Waals surface area contributed by atoms with Crippen molar-refractivity contribution >= 4 is 11.0 Å². The van der Waals surface area contributed by atoms with Crippen molar-refractivity contribution in [2.75, 3.05) is 6.54 Å². The predicted molar refractivity (Wildman–Crippen MR) is 74.6 cm³/mol. The van der Waals surface area contributed by atoms with E-state index in [1.807, 2.05) is 0 Å². The monoisotopic (exact) mass is 243 g/mol. The van der Waals surface area contributed by atoms with Crippen LogP contribution in [0.4, 0.5) is 0 Å². The lowest BCUT2D eigenvalue weighted by Gasteiger charge is -2.22. The molecule has 0 aliphatic heterocycles. The number of aromatic amines is 1. The number of fused-ring (bicyclic) bond motifs is 1. The number of nitrogens with zero attached hydrogens (tertiary/aromatic N) is 1. The minimum atomic E-state index is 0.538. The standard InChI is InChI=1S/C15H21N3/c1-10(9-16)7-11-5-6-13-14(8-11)18-15(17-13)12-3-2-4-12/h5-6,8,10,12H,2-4,7,9,16H2,1H3,(H,17,18). The minimum Gasteiger partial charge on any atom is -0.342 e. The quantitative estimate of drug-likeness (QED) is 0.867. The van der Waals surface area contributed by atoms with Crippen molar-refractivity contribution in [3.05, 3.63) is 29.6 Å². The van der Waals surface area contributed by atoms with Crippen molar-refractivity contribution in [3.8, 4) is 0 Å². The summed E-state index contributed by atoms with van der Waals surface area (Å²) in [6.45, 7) is 2.94. The molecule has 1 aromatic carbocycles. The van der Waals surface area contributed by atoms with Gasteiger partial charge in [0.25, 0.3) is 0 Å². The molecule has 1 unspecified atom stereocenters. The SMILES string of the molecule is CC(CN)Cc1ccc2nc(C3CCC3)[nH]c2c1. The molecular weight excluding hydrogens is 222 g/mol. The lowest BCUT2D eigenvalue weighted by molar-refractivity contribution is 0.405. The van der Waals surface area contributed by atoms with Gasteiger partial charge in [0, 0.05) is 5.92 Å². The number of rotatable bonds is 4. The molecule has 1 aliphatic rings. The van der Waals surface area contributed by atoms with E-state index in [9.17, 15) is 0 Å². The summed E-state index contributed by atoms with van der Waals surface area (Å²) < 4.78 is 0. The Bertz CT molecular complexity index is 540. The molecule has 1 aliphatic carbocycles. The van der Waals surface area contributed by atoms with Crippen LogP contribution in [0, 0.1) is 5.92 Å². The lowest BCUT2D eigenvalue weighted by Crippen LogP contribution is -2.12. The Labute approximate surface area is 108 Å². The van der Waals surface area contributed by atoms with E-state index < -0.39 is 0 Å². The third-order valence-corrected chi connectivity index (χ3v) is 4.04. The first-order valence-electron chi connectivity index (χ1n) is 6.95. The van der Waals surface area contributed by atoms with Crippen molar-refractivity contribution in [1.29, 1.82) is 0 Å². The van der Waals surface area contributed by atoms with Gasteiger partial charge in [-0.1, -0.05) is 19.4 Å². The molecule has 3 N–H and O–H groups in total. The minimum absolute atomic E-state index is 0.538. The number of nitrogens with one attached hydrogen (secondary N) is 1. The molecule has 1 saturated carbocycles. The molecule has 0 spiro atoms. The second kappa shape index (κ2) is 4.73. The number of nitrogens with two attached hydrogens (primary N) is 1. The first kappa shape index (κ1) is 11.7. The molecule has 3 rings (SSSR count).